The number of rotatable bonds is 13. The predicted molar refractivity (Wildman–Crippen MR) is 183 cm³/mol. The van der Waals surface area contributed by atoms with E-state index in [4.69, 9.17) is 29.2 Å². The molecule has 1 aromatic carbocycles. The fourth-order valence-corrected chi connectivity index (χ4v) is 7.39. The Balaban J connectivity index is 1.88. The highest BCUT2D eigenvalue weighted by Gasteiger charge is 2.76. The minimum Gasteiger partial charge on any atom is -0.459 e. The number of aliphatic hydroxyl groups is 2. The molecule has 0 amide bonds. The van der Waals surface area contributed by atoms with Crippen molar-refractivity contribution in [1.29, 1.82) is 0 Å². The lowest BCUT2D eigenvalue weighted by molar-refractivity contribution is -0.200. The van der Waals surface area contributed by atoms with E-state index in [0.717, 1.165) is 39.5 Å². The highest BCUT2D eigenvalue weighted by atomic mass is 16.6. The molecule has 0 aromatic heterocycles. The van der Waals surface area contributed by atoms with Crippen molar-refractivity contribution in [2.24, 2.45) is 11.0 Å². The van der Waals surface area contributed by atoms with Crippen LogP contribution in [-0.2, 0) is 42.9 Å². The number of hydrogen-bond acceptors (Lipinski definition) is 13. The molecule has 8 atom stereocenters. The van der Waals surface area contributed by atoms with Gasteiger partial charge in [0.05, 0.1) is 11.5 Å². The summed E-state index contributed by atoms with van der Waals surface area (Å²) in [6.45, 7) is 10.4. The second kappa shape index (κ2) is 15.9. The summed E-state index contributed by atoms with van der Waals surface area (Å²) in [7, 11) is 0. The van der Waals surface area contributed by atoms with Crippen LogP contribution in [0.15, 0.2) is 52.2 Å². The van der Waals surface area contributed by atoms with Gasteiger partial charge in [-0.25, -0.2) is 14.4 Å². The highest BCUT2D eigenvalue weighted by molar-refractivity contribution is 5.91. The number of allylic oxidation sites excluding steroid dienone is 1. The minimum atomic E-state index is -2.70. The molecular weight excluding hydrogens is 678 g/mol. The molecule has 1 aromatic rings. The molecule has 0 spiro atoms. The summed E-state index contributed by atoms with van der Waals surface area (Å²) in [5, 5.41) is 27.8. The lowest BCUT2D eigenvalue weighted by Crippen LogP contribution is -2.64. The third-order valence-corrected chi connectivity index (χ3v) is 10.3. The van der Waals surface area contributed by atoms with Crippen LogP contribution >= 0.6 is 0 Å². The van der Waals surface area contributed by atoms with Gasteiger partial charge in [-0.05, 0) is 69.8 Å². The first-order chi connectivity index (χ1) is 24.5. The van der Waals surface area contributed by atoms with Gasteiger partial charge in [0, 0.05) is 35.9 Å². The van der Waals surface area contributed by atoms with Crippen LogP contribution in [0.5, 0.6) is 0 Å². The first kappa shape index (κ1) is 40.1. The standard InChI is InChI=1S/C37H47N3O12/c1-8-10-11-12-13-14-26(42)49-30-28-27(21(4)29(30)50-32(43)20(3)9-2)31-37(47,36(7,46)34(45)51-31)25(19-35(28,6)52-22(5)41)48-33(44)23-15-17-24(18-16-23)39-40-38/h9,15-18,25,28-31,46-47H,8,10-14,19H2,1-7H3/b20-9-/t25-,28+,29-,30-,31-,35-,36+,37+/m0/s1. The molecular formula is C37H47N3O12. The van der Waals surface area contributed by atoms with Crippen LogP contribution in [0.4, 0.5) is 5.69 Å². The molecule has 4 rings (SSSR count). The summed E-state index contributed by atoms with van der Waals surface area (Å²) in [6, 6.07) is 5.35. The lowest BCUT2D eigenvalue weighted by Gasteiger charge is -2.41. The number of nitrogens with zero attached hydrogens (tertiary/aromatic N) is 3. The molecule has 282 valence electrons. The van der Waals surface area contributed by atoms with E-state index in [-0.39, 0.29) is 34.4 Å². The number of fused-ring (bicyclic) bond motifs is 3. The minimum absolute atomic E-state index is 0.0342. The molecule has 1 saturated heterocycles. The third kappa shape index (κ3) is 7.57. The van der Waals surface area contributed by atoms with E-state index in [2.05, 4.69) is 16.9 Å². The van der Waals surface area contributed by atoms with Gasteiger partial charge in [0.25, 0.3) is 0 Å². The van der Waals surface area contributed by atoms with E-state index < -0.39 is 83.4 Å². The second-order valence-corrected chi connectivity index (χ2v) is 14.0. The Morgan fingerprint density at radius 1 is 1.04 bits per heavy atom. The number of ether oxygens (including phenoxy) is 5. The van der Waals surface area contributed by atoms with E-state index in [1.807, 2.05) is 0 Å². The van der Waals surface area contributed by atoms with Crippen molar-refractivity contribution in [3.8, 4) is 0 Å². The number of azide groups is 1. The lowest BCUT2D eigenvalue weighted by atomic mass is 9.75. The maximum absolute atomic E-state index is 13.6. The maximum Gasteiger partial charge on any atom is 0.341 e. The van der Waals surface area contributed by atoms with Gasteiger partial charge in [0.2, 0.25) is 0 Å². The van der Waals surface area contributed by atoms with E-state index in [9.17, 15) is 34.2 Å². The molecule has 1 saturated carbocycles. The van der Waals surface area contributed by atoms with Crippen molar-refractivity contribution in [2.75, 3.05) is 0 Å². The molecule has 3 aliphatic rings. The summed E-state index contributed by atoms with van der Waals surface area (Å²) in [5.41, 5.74) is 2.28. The zero-order chi connectivity index (χ0) is 38.6. The molecule has 0 radical (unpaired) electrons. The summed E-state index contributed by atoms with van der Waals surface area (Å²) < 4.78 is 29.6. The number of hydrogen-bond donors (Lipinski definition) is 2. The molecule has 2 N–H and O–H groups in total. The monoisotopic (exact) mass is 725 g/mol. The molecule has 1 aliphatic heterocycles. The molecule has 52 heavy (non-hydrogen) atoms. The average molecular weight is 726 g/mol. The number of esters is 5. The van der Waals surface area contributed by atoms with Crippen molar-refractivity contribution >= 4 is 35.5 Å². The Kier molecular flexibility index (Phi) is 12.2. The van der Waals surface area contributed by atoms with Crippen molar-refractivity contribution in [3.05, 3.63) is 63.1 Å². The van der Waals surface area contributed by atoms with Gasteiger partial charge in [0.1, 0.15) is 11.7 Å². The first-order valence-corrected chi connectivity index (χ1v) is 17.4. The van der Waals surface area contributed by atoms with Gasteiger partial charge in [0.15, 0.2) is 29.5 Å². The molecule has 0 bridgehead atoms. The zero-order valence-corrected chi connectivity index (χ0v) is 30.5. The van der Waals surface area contributed by atoms with Crippen LogP contribution in [-0.4, -0.2) is 81.3 Å². The van der Waals surface area contributed by atoms with Crippen LogP contribution in [0, 0.1) is 5.92 Å². The van der Waals surface area contributed by atoms with Crippen molar-refractivity contribution in [2.45, 2.75) is 135 Å². The number of benzene rings is 1. The quantitative estimate of drug-likeness (QED) is 0.0382. The number of carbonyl (C=O) groups excluding carboxylic acids is 5. The van der Waals surface area contributed by atoms with Crippen LogP contribution in [0.25, 0.3) is 10.4 Å². The van der Waals surface area contributed by atoms with Crippen molar-refractivity contribution in [3.63, 3.8) is 0 Å². The predicted octanol–water partition coefficient (Wildman–Crippen LogP) is 5.38. The Morgan fingerprint density at radius 2 is 1.69 bits per heavy atom. The highest BCUT2D eigenvalue weighted by Crippen LogP contribution is 2.57. The van der Waals surface area contributed by atoms with Crippen LogP contribution in [0.1, 0.15) is 104 Å². The molecule has 15 heteroatoms. The first-order valence-electron chi connectivity index (χ1n) is 17.4. The van der Waals surface area contributed by atoms with Gasteiger partial charge in [-0.3, -0.25) is 9.59 Å². The van der Waals surface area contributed by atoms with Crippen LogP contribution < -0.4 is 0 Å². The molecule has 0 unspecified atom stereocenters. The van der Waals surface area contributed by atoms with Gasteiger partial charge < -0.3 is 33.9 Å². The molecule has 1 heterocycles. The Hall–Kier alpha value is -4.72. The normalized spacial score (nSPS) is 31.0. The summed E-state index contributed by atoms with van der Waals surface area (Å²) in [4.78, 5) is 69.1. The molecule has 15 nitrogen and oxygen atoms in total. The number of unbranched alkanes of at least 4 members (excludes halogenated alkanes) is 4. The Morgan fingerprint density at radius 3 is 2.29 bits per heavy atom. The average Bonchev–Trinajstić information content (AvgIpc) is 3.42. The van der Waals surface area contributed by atoms with E-state index >= 15 is 0 Å². The van der Waals surface area contributed by atoms with Crippen LogP contribution in [0.2, 0.25) is 0 Å². The third-order valence-electron chi connectivity index (χ3n) is 10.3. The van der Waals surface area contributed by atoms with E-state index in [0.29, 0.717) is 6.42 Å². The largest absolute Gasteiger partial charge is 0.459 e. The molecule has 2 aliphatic carbocycles. The summed E-state index contributed by atoms with van der Waals surface area (Å²) in [5.74, 6) is -5.60. The van der Waals surface area contributed by atoms with Gasteiger partial charge >= 0.3 is 29.8 Å². The Bertz CT molecular complexity index is 1690. The van der Waals surface area contributed by atoms with E-state index in [1.165, 1.54) is 51.1 Å². The van der Waals surface area contributed by atoms with Gasteiger partial charge in [-0.15, -0.1) is 0 Å². The van der Waals surface area contributed by atoms with Crippen molar-refractivity contribution < 1.29 is 57.9 Å². The number of carbonyl (C=O) groups is 5. The maximum atomic E-state index is 13.6. The van der Waals surface area contributed by atoms with Crippen molar-refractivity contribution in [1.82, 2.24) is 0 Å². The fraction of sp³-hybridized carbons (Fsp3) is 0.595. The summed E-state index contributed by atoms with van der Waals surface area (Å²) >= 11 is 0. The van der Waals surface area contributed by atoms with Crippen LogP contribution in [0.3, 0.4) is 0 Å². The molecule has 2 fully saturated rings. The van der Waals surface area contributed by atoms with Gasteiger partial charge in [-0.1, -0.05) is 55.9 Å². The van der Waals surface area contributed by atoms with Gasteiger partial charge in [-0.2, -0.15) is 0 Å². The summed E-state index contributed by atoms with van der Waals surface area (Å²) in [6.07, 6.45) is -0.858. The fourth-order valence-electron chi connectivity index (χ4n) is 7.39. The smallest absolute Gasteiger partial charge is 0.341 e. The zero-order valence-electron chi connectivity index (χ0n) is 30.5. The SMILES string of the molecule is C/C=C(/C)C(=O)O[C@H]1C(C)=C2[C@H]([C@@H]1OC(=O)CCCCCCC)[C@@](C)(OC(C)=O)C[C@H](OC(=O)c1ccc(N=[N+]=[N-])cc1)[C@@]1(O)[C@H]2OC(=O)[C@@]1(C)O. The van der Waals surface area contributed by atoms with E-state index in [1.54, 1.807) is 6.92 Å². The second-order valence-electron chi connectivity index (χ2n) is 14.0. The topological polar surface area (TPSA) is 221 Å². The Labute approximate surface area is 301 Å².